The van der Waals surface area contributed by atoms with Crippen molar-refractivity contribution in [3.05, 3.63) is 52.2 Å². The Balaban J connectivity index is 1.34. The van der Waals surface area contributed by atoms with Gasteiger partial charge < -0.3 is 10.2 Å². The molecule has 0 spiro atoms. The van der Waals surface area contributed by atoms with Crippen LogP contribution in [0.25, 0.3) is 0 Å². The lowest BCUT2D eigenvalue weighted by Gasteiger charge is -2.32. The minimum absolute atomic E-state index is 0.00519. The third-order valence-corrected chi connectivity index (χ3v) is 6.32. The van der Waals surface area contributed by atoms with Gasteiger partial charge in [-0.2, -0.15) is 5.10 Å². The standard InChI is InChI=1S/C22H29N5O3/c1-25-22(30)27(18-9-5-6-10-18)20(24-25)16-11-13-26(14-12-16)19(28)15-23-21(29)17-7-3-2-4-8-17/h2-4,7-8,16,18H,5-6,9-15H2,1H3,(H,23,29). The van der Waals surface area contributed by atoms with Crippen LogP contribution in [0.1, 0.15) is 66.7 Å². The molecule has 1 saturated carbocycles. The molecule has 2 amide bonds. The lowest BCUT2D eigenvalue weighted by atomic mass is 9.95. The van der Waals surface area contributed by atoms with E-state index in [1.807, 2.05) is 10.6 Å². The second-order valence-corrected chi connectivity index (χ2v) is 8.28. The summed E-state index contributed by atoms with van der Waals surface area (Å²) in [4.78, 5) is 39.1. The molecule has 2 fully saturated rings. The predicted molar refractivity (Wildman–Crippen MR) is 112 cm³/mol. The summed E-state index contributed by atoms with van der Waals surface area (Å²) < 4.78 is 3.36. The number of carbonyl (C=O) groups excluding carboxylic acids is 2. The van der Waals surface area contributed by atoms with E-state index in [1.165, 1.54) is 4.68 Å². The van der Waals surface area contributed by atoms with Gasteiger partial charge in [0.05, 0.1) is 6.54 Å². The van der Waals surface area contributed by atoms with Crippen molar-refractivity contribution in [1.82, 2.24) is 24.6 Å². The van der Waals surface area contributed by atoms with Crippen molar-refractivity contribution in [2.24, 2.45) is 7.05 Å². The molecule has 2 aromatic rings. The van der Waals surface area contributed by atoms with Crippen LogP contribution in [0.15, 0.2) is 35.1 Å². The Morgan fingerprint density at radius 1 is 1.07 bits per heavy atom. The van der Waals surface area contributed by atoms with Crippen LogP contribution in [-0.2, 0) is 11.8 Å². The van der Waals surface area contributed by atoms with E-state index in [9.17, 15) is 14.4 Å². The van der Waals surface area contributed by atoms with E-state index >= 15 is 0 Å². The monoisotopic (exact) mass is 411 g/mol. The molecule has 8 heteroatoms. The Kier molecular flexibility index (Phi) is 6.01. The third-order valence-electron chi connectivity index (χ3n) is 6.32. The molecule has 1 aromatic carbocycles. The fourth-order valence-corrected chi connectivity index (χ4v) is 4.63. The summed E-state index contributed by atoms with van der Waals surface area (Å²) in [5.41, 5.74) is 0.517. The first kappa shape index (κ1) is 20.4. The van der Waals surface area contributed by atoms with Crippen molar-refractivity contribution >= 4 is 11.8 Å². The van der Waals surface area contributed by atoms with Gasteiger partial charge in [-0.05, 0) is 37.8 Å². The molecule has 8 nitrogen and oxygen atoms in total. The average molecular weight is 412 g/mol. The molecule has 1 N–H and O–H groups in total. The zero-order chi connectivity index (χ0) is 21.1. The number of aryl methyl sites for hydroxylation is 1. The average Bonchev–Trinajstić information content (AvgIpc) is 3.41. The lowest BCUT2D eigenvalue weighted by molar-refractivity contribution is -0.131. The molecule has 0 atom stereocenters. The Morgan fingerprint density at radius 3 is 2.40 bits per heavy atom. The van der Waals surface area contributed by atoms with Crippen LogP contribution in [0, 0.1) is 0 Å². The number of carbonyl (C=O) groups is 2. The number of hydrogen-bond acceptors (Lipinski definition) is 4. The van der Waals surface area contributed by atoms with E-state index in [1.54, 1.807) is 36.2 Å². The summed E-state index contributed by atoms with van der Waals surface area (Å²) in [7, 11) is 1.71. The van der Waals surface area contributed by atoms with Gasteiger partial charge in [0, 0.05) is 37.7 Å². The second kappa shape index (κ2) is 8.85. The van der Waals surface area contributed by atoms with E-state index in [0.29, 0.717) is 18.7 Å². The van der Waals surface area contributed by atoms with Crippen LogP contribution in [0.2, 0.25) is 0 Å². The van der Waals surface area contributed by atoms with Crippen LogP contribution in [0.4, 0.5) is 0 Å². The summed E-state index contributed by atoms with van der Waals surface area (Å²) in [5, 5.41) is 7.25. The molecular formula is C22H29N5O3. The molecule has 2 heterocycles. The van der Waals surface area contributed by atoms with Gasteiger partial charge in [0.25, 0.3) is 5.91 Å². The first-order chi connectivity index (χ1) is 14.5. The van der Waals surface area contributed by atoms with Crippen LogP contribution in [0.3, 0.4) is 0 Å². The van der Waals surface area contributed by atoms with Gasteiger partial charge in [-0.3, -0.25) is 14.2 Å². The molecule has 0 bridgehead atoms. The minimum Gasteiger partial charge on any atom is -0.343 e. The number of piperidine rings is 1. The summed E-state index contributed by atoms with van der Waals surface area (Å²) in [5.74, 6) is 0.737. The Bertz CT molecular complexity index is 951. The molecule has 1 saturated heterocycles. The van der Waals surface area contributed by atoms with Crippen LogP contribution in [0.5, 0.6) is 0 Å². The summed E-state index contributed by atoms with van der Waals surface area (Å²) in [6.45, 7) is 1.22. The van der Waals surface area contributed by atoms with Crippen molar-refractivity contribution < 1.29 is 9.59 Å². The zero-order valence-corrected chi connectivity index (χ0v) is 17.4. The number of hydrogen-bond donors (Lipinski definition) is 1. The molecule has 2 aliphatic rings. The Labute approximate surface area is 175 Å². The third kappa shape index (κ3) is 4.17. The van der Waals surface area contributed by atoms with Gasteiger partial charge >= 0.3 is 5.69 Å². The van der Waals surface area contributed by atoms with Gasteiger partial charge in [-0.25, -0.2) is 9.48 Å². The Morgan fingerprint density at radius 2 is 1.73 bits per heavy atom. The number of benzene rings is 1. The van der Waals surface area contributed by atoms with E-state index < -0.39 is 0 Å². The molecule has 1 aliphatic heterocycles. The first-order valence-electron chi connectivity index (χ1n) is 10.8. The van der Waals surface area contributed by atoms with Gasteiger partial charge in [0.2, 0.25) is 5.91 Å². The van der Waals surface area contributed by atoms with E-state index in [2.05, 4.69) is 10.4 Å². The number of nitrogens with one attached hydrogen (secondary N) is 1. The highest BCUT2D eigenvalue weighted by molar-refractivity contribution is 5.96. The fourth-order valence-electron chi connectivity index (χ4n) is 4.63. The Hall–Kier alpha value is -2.90. The molecule has 160 valence electrons. The van der Waals surface area contributed by atoms with E-state index in [0.717, 1.165) is 44.3 Å². The topological polar surface area (TPSA) is 89.2 Å². The number of nitrogens with zero attached hydrogens (tertiary/aromatic N) is 4. The molecular weight excluding hydrogens is 382 g/mol. The van der Waals surface area contributed by atoms with Crippen LogP contribution in [-0.4, -0.2) is 50.7 Å². The molecule has 4 rings (SSSR count). The maximum atomic E-state index is 12.6. The van der Waals surface area contributed by atoms with Crippen molar-refractivity contribution in [3.63, 3.8) is 0 Å². The predicted octanol–water partition coefficient (Wildman–Crippen LogP) is 1.83. The lowest BCUT2D eigenvalue weighted by Crippen LogP contribution is -2.44. The molecule has 1 aromatic heterocycles. The normalized spacial score (nSPS) is 18.0. The number of aromatic nitrogens is 3. The summed E-state index contributed by atoms with van der Waals surface area (Å²) in [6, 6.07) is 9.15. The van der Waals surface area contributed by atoms with Crippen LogP contribution >= 0.6 is 0 Å². The quantitative estimate of drug-likeness (QED) is 0.813. The van der Waals surface area contributed by atoms with E-state index in [-0.39, 0.29) is 36.0 Å². The number of rotatable bonds is 5. The van der Waals surface area contributed by atoms with Crippen molar-refractivity contribution in [1.29, 1.82) is 0 Å². The van der Waals surface area contributed by atoms with Crippen molar-refractivity contribution in [2.75, 3.05) is 19.6 Å². The summed E-state index contributed by atoms with van der Waals surface area (Å²) in [6.07, 6.45) is 5.96. The van der Waals surface area contributed by atoms with Gasteiger partial charge in [-0.15, -0.1) is 0 Å². The highest BCUT2D eigenvalue weighted by Crippen LogP contribution is 2.33. The minimum atomic E-state index is -0.243. The van der Waals surface area contributed by atoms with Gasteiger partial charge in [-0.1, -0.05) is 31.0 Å². The van der Waals surface area contributed by atoms with E-state index in [4.69, 9.17) is 0 Å². The van der Waals surface area contributed by atoms with Crippen LogP contribution < -0.4 is 11.0 Å². The van der Waals surface area contributed by atoms with Crippen molar-refractivity contribution in [2.45, 2.75) is 50.5 Å². The first-order valence-corrected chi connectivity index (χ1v) is 10.8. The number of likely N-dealkylation sites (tertiary alicyclic amines) is 1. The fraction of sp³-hybridized carbons (Fsp3) is 0.545. The largest absolute Gasteiger partial charge is 0.345 e. The maximum absolute atomic E-state index is 12.6. The molecule has 0 radical (unpaired) electrons. The summed E-state index contributed by atoms with van der Waals surface area (Å²) >= 11 is 0. The maximum Gasteiger partial charge on any atom is 0.345 e. The van der Waals surface area contributed by atoms with Crippen molar-refractivity contribution in [3.8, 4) is 0 Å². The SMILES string of the molecule is Cn1nc(C2CCN(C(=O)CNC(=O)c3ccccc3)CC2)n(C2CCCC2)c1=O. The second-order valence-electron chi connectivity index (χ2n) is 8.28. The molecule has 30 heavy (non-hydrogen) atoms. The molecule has 1 aliphatic carbocycles. The zero-order valence-electron chi connectivity index (χ0n) is 17.4. The van der Waals surface area contributed by atoms with Gasteiger partial charge in [0.15, 0.2) is 0 Å². The highest BCUT2D eigenvalue weighted by atomic mass is 16.2. The van der Waals surface area contributed by atoms with Gasteiger partial charge in [0.1, 0.15) is 5.82 Å². The number of amides is 2. The smallest absolute Gasteiger partial charge is 0.343 e. The highest BCUT2D eigenvalue weighted by Gasteiger charge is 2.31. The molecule has 0 unspecified atom stereocenters.